The quantitative estimate of drug-likeness (QED) is 0.162. The molecule has 1 heterocycles. The Morgan fingerprint density at radius 2 is 1.07 bits per heavy atom. The van der Waals surface area contributed by atoms with Crippen LogP contribution < -0.4 is 14.0 Å². The van der Waals surface area contributed by atoms with Gasteiger partial charge in [-0.3, -0.25) is 4.79 Å². The van der Waals surface area contributed by atoms with Crippen LogP contribution in [0.2, 0.25) is 0 Å². The Morgan fingerprint density at radius 1 is 0.509 bits per heavy atom. The smallest absolute Gasteiger partial charge is 0.195 e. The van der Waals surface area contributed by atoms with E-state index in [1.165, 1.54) is 11.3 Å². The highest BCUT2D eigenvalue weighted by molar-refractivity contribution is 7.08. The van der Waals surface area contributed by atoms with E-state index in [1.54, 1.807) is 12.1 Å². The summed E-state index contributed by atoms with van der Waals surface area (Å²) in [5, 5.41) is 23.2. The number of phenols is 1. The van der Waals surface area contributed by atoms with E-state index < -0.39 is 0 Å². The molecule has 8 aromatic rings. The lowest BCUT2D eigenvalue weighted by Crippen LogP contribution is -2.24. The second-order valence-electron chi connectivity index (χ2n) is 13.9. The van der Waals surface area contributed by atoms with Crippen LogP contribution in [0.5, 0.6) is 11.5 Å². The zero-order valence-electron chi connectivity index (χ0n) is 31.1. The van der Waals surface area contributed by atoms with E-state index in [4.69, 9.17) is 0 Å². The Kier molecular flexibility index (Phi) is 9.43. The van der Waals surface area contributed by atoms with Crippen molar-refractivity contribution < 1.29 is 15.0 Å². The third-order valence-electron chi connectivity index (χ3n) is 10.5. The molecule has 4 nitrogen and oxygen atoms in total. The summed E-state index contributed by atoms with van der Waals surface area (Å²) < 4.78 is 1.37. The number of aromatic hydroxyl groups is 2. The summed E-state index contributed by atoms with van der Waals surface area (Å²) in [5.41, 5.74) is 12.0. The number of para-hydroxylation sites is 2. The summed E-state index contributed by atoms with van der Waals surface area (Å²) in [5.74, 6) is -0.155. The molecule has 0 aliphatic heterocycles. The Labute approximate surface area is 335 Å². The number of allylic oxidation sites excluding steroid dienone is 2. The minimum atomic E-state index is -0.209. The first-order valence-electron chi connectivity index (χ1n) is 18.8. The summed E-state index contributed by atoms with van der Waals surface area (Å²) in [7, 11) is 0. The molecule has 7 aromatic carbocycles. The van der Waals surface area contributed by atoms with Gasteiger partial charge in [-0.05, 0) is 76.7 Å². The van der Waals surface area contributed by atoms with Crippen molar-refractivity contribution in [3.8, 4) is 33.8 Å². The fourth-order valence-corrected chi connectivity index (χ4v) is 9.05. The topological polar surface area (TPSA) is 60.8 Å². The van der Waals surface area contributed by atoms with E-state index in [0.29, 0.717) is 21.2 Å². The van der Waals surface area contributed by atoms with E-state index in [2.05, 4.69) is 65.6 Å². The van der Waals surface area contributed by atoms with Gasteiger partial charge in [-0.2, -0.15) is 0 Å². The minimum Gasteiger partial charge on any atom is -0.507 e. The molecule has 0 fully saturated rings. The van der Waals surface area contributed by atoms with Gasteiger partial charge >= 0.3 is 0 Å². The van der Waals surface area contributed by atoms with Crippen molar-refractivity contribution in [1.82, 2.24) is 0 Å². The third kappa shape index (κ3) is 6.54. The van der Waals surface area contributed by atoms with Crippen molar-refractivity contribution >= 4 is 50.9 Å². The summed E-state index contributed by atoms with van der Waals surface area (Å²) in [4.78, 5) is 16.3. The van der Waals surface area contributed by atoms with Crippen LogP contribution in [-0.2, 0) is 4.79 Å². The molecule has 0 atom stereocenters. The monoisotopic (exact) mass is 755 g/mol. The number of rotatable bonds is 8. The van der Waals surface area contributed by atoms with Gasteiger partial charge in [-0.1, -0.05) is 152 Å². The van der Waals surface area contributed by atoms with E-state index in [0.717, 1.165) is 66.1 Å². The van der Waals surface area contributed by atoms with Crippen LogP contribution in [0.15, 0.2) is 200 Å². The highest BCUT2D eigenvalue weighted by atomic mass is 32.1. The number of benzene rings is 7. The number of hydrogen-bond acceptors (Lipinski definition) is 5. The first kappa shape index (κ1) is 35.5. The van der Waals surface area contributed by atoms with Gasteiger partial charge in [0.05, 0.1) is 10.2 Å². The first-order chi connectivity index (χ1) is 28.0. The molecule has 0 amide bonds. The maximum atomic E-state index is 14.2. The van der Waals surface area contributed by atoms with Crippen LogP contribution in [-0.4, -0.2) is 16.0 Å². The molecule has 0 radical (unpaired) electrons. The first-order valence-corrected chi connectivity index (χ1v) is 19.7. The molecular weight excluding hydrogens is 719 g/mol. The third-order valence-corrected chi connectivity index (χ3v) is 11.6. The Bertz CT molecular complexity index is 2930. The van der Waals surface area contributed by atoms with Gasteiger partial charge in [0.2, 0.25) is 0 Å². The number of phenolic OH excluding ortho intramolecular Hbond substituents is 1. The van der Waals surface area contributed by atoms with E-state index in [9.17, 15) is 15.0 Å². The lowest BCUT2D eigenvalue weighted by atomic mass is 9.78. The normalized spacial score (nSPS) is 13.9. The van der Waals surface area contributed by atoms with Crippen LogP contribution in [0.4, 0.5) is 17.1 Å². The molecule has 0 bridgehead atoms. The molecule has 57 heavy (non-hydrogen) atoms. The van der Waals surface area contributed by atoms with Crippen molar-refractivity contribution in [2.45, 2.75) is 6.92 Å². The van der Waals surface area contributed by atoms with Gasteiger partial charge in [0.25, 0.3) is 0 Å². The molecule has 9 rings (SSSR count). The molecule has 0 spiro atoms. The van der Waals surface area contributed by atoms with Crippen LogP contribution in [0.25, 0.3) is 39.0 Å². The maximum absolute atomic E-state index is 14.2. The van der Waals surface area contributed by atoms with Gasteiger partial charge in [0, 0.05) is 49.8 Å². The average Bonchev–Trinajstić information content (AvgIpc) is 3.62. The lowest BCUT2D eigenvalue weighted by Gasteiger charge is -2.29. The predicted molar refractivity (Wildman–Crippen MR) is 234 cm³/mol. The maximum Gasteiger partial charge on any atom is 0.195 e. The van der Waals surface area contributed by atoms with Crippen LogP contribution in [0, 0.1) is 0 Å². The fourth-order valence-electron chi connectivity index (χ4n) is 7.82. The highest BCUT2D eigenvalue weighted by Gasteiger charge is 2.35. The lowest BCUT2D eigenvalue weighted by molar-refractivity contribution is -0.109. The fraction of sp³-hybridized carbons (Fsp3) is 0.0192. The SMILES string of the molecule is CC1=C(c2ccc(N(c3ccccc3)c3ccccc3-c3ccccc3)cc2O)C(=O)/C1=c1/s/c(=C(\c2ccccc2)c2ccccc2-c2ccccc2)cc1O. The summed E-state index contributed by atoms with van der Waals surface area (Å²) in [6.07, 6.45) is 0. The van der Waals surface area contributed by atoms with Crippen molar-refractivity contribution in [3.63, 3.8) is 0 Å². The molecule has 1 aromatic heterocycles. The molecule has 5 heteroatoms. The number of hydrogen-bond donors (Lipinski definition) is 2. The second-order valence-corrected chi connectivity index (χ2v) is 15.0. The molecule has 0 unspecified atom stereocenters. The molecule has 1 aliphatic carbocycles. The number of thiophene rings is 1. The van der Waals surface area contributed by atoms with Gasteiger partial charge in [-0.25, -0.2) is 0 Å². The summed E-state index contributed by atoms with van der Waals surface area (Å²) in [6.45, 7) is 1.89. The standard InChI is InChI=1S/C52H37NO3S/c1-34-48(43-31-30-39(32-45(43)54)53(38-24-12-5-13-25-38)44-29-17-16-27-41(44)36-20-8-3-9-21-36)51(56)49(34)52-46(55)33-47(57-52)50(37-22-10-4-11-23-37)42-28-15-14-26-40(42)35-18-6-2-7-19-35/h2-33,54-55H,1H3/b50-47+,52-49+. The number of ketones is 1. The molecule has 0 saturated heterocycles. The molecule has 2 N–H and O–H groups in total. The van der Waals surface area contributed by atoms with Gasteiger partial charge in [0.15, 0.2) is 5.78 Å². The number of nitrogens with zero attached hydrogens (tertiary/aromatic N) is 1. The van der Waals surface area contributed by atoms with E-state index >= 15 is 0 Å². The molecule has 1 aliphatic rings. The van der Waals surface area contributed by atoms with Crippen molar-refractivity contribution in [2.24, 2.45) is 0 Å². The van der Waals surface area contributed by atoms with Crippen molar-refractivity contribution in [1.29, 1.82) is 0 Å². The molecular formula is C52H37NO3S. The van der Waals surface area contributed by atoms with E-state index in [-0.39, 0.29) is 17.3 Å². The minimum absolute atomic E-state index is 0.000630. The summed E-state index contributed by atoms with van der Waals surface area (Å²) in [6, 6.07) is 64.5. The average molecular weight is 756 g/mol. The number of carbonyl (C=O) groups excluding carboxylic acids is 1. The second kappa shape index (κ2) is 15.1. The Hall–Kier alpha value is -7.21. The van der Waals surface area contributed by atoms with E-state index in [1.807, 2.05) is 128 Å². The number of Topliss-reactive ketones (excluding diaryl/α,β-unsaturated/α-hetero) is 1. The molecule has 0 saturated carbocycles. The van der Waals surface area contributed by atoms with Crippen molar-refractivity contribution in [2.75, 3.05) is 4.90 Å². The van der Waals surface area contributed by atoms with Crippen molar-refractivity contribution in [3.05, 3.63) is 225 Å². The zero-order valence-corrected chi connectivity index (χ0v) is 31.9. The van der Waals surface area contributed by atoms with Crippen LogP contribution in [0.3, 0.4) is 0 Å². The zero-order chi connectivity index (χ0) is 38.9. The Morgan fingerprint density at radius 3 is 1.72 bits per heavy atom. The highest BCUT2D eigenvalue weighted by Crippen LogP contribution is 2.46. The largest absolute Gasteiger partial charge is 0.507 e. The number of carbonyl (C=O) groups is 1. The number of anilines is 3. The Balaban J connectivity index is 1.16. The van der Waals surface area contributed by atoms with Crippen LogP contribution >= 0.6 is 11.3 Å². The predicted octanol–water partition coefficient (Wildman–Crippen LogP) is 11.4. The molecule has 274 valence electrons. The van der Waals surface area contributed by atoms with Gasteiger partial charge in [-0.15, -0.1) is 11.3 Å². The van der Waals surface area contributed by atoms with Crippen LogP contribution in [0.1, 0.15) is 23.6 Å². The van der Waals surface area contributed by atoms with Gasteiger partial charge in [0.1, 0.15) is 11.5 Å². The van der Waals surface area contributed by atoms with Gasteiger partial charge < -0.3 is 15.1 Å². The summed E-state index contributed by atoms with van der Waals surface area (Å²) >= 11 is 1.41.